The maximum absolute atomic E-state index is 14.8. The number of anilines is 3. The van der Waals surface area contributed by atoms with Gasteiger partial charge in [0.1, 0.15) is 12.1 Å². The molecule has 4 heteroatoms. The van der Waals surface area contributed by atoms with Crippen molar-refractivity contribution in [2.24, 2.45) is 0 Å². The van der Waals surface area contributed by atoms with Crippen molar-refractivity contribution in [3.05, 3.63) is 112 Å². The van der Waals surface area contributed by atoms with Crippen molar-refractivity contribution in [2.75, 3.05) is 4.90 Å². The smallest absolute Gasteiger partial charge is 0.159 e. The quantitative estimate of drug-likeness (QED) is 0.327. The molecule has 5 rings (SSSR count). The van der Waals surface area contributed by atoms with E-state index in [1.807, 2.05) is 53.4 Å². The number of hydrogen-bond donors (Lipinski definition) is 0. The molecule has 1 aliphatic rings. The fourth-order valence-corrected chi connectivity index (χ4v) is 5.02. The van der Waals surface area contributed by atoms with Crippen LogP contribution >= 0.6 is 0 Å². The van der Waals surface area contributed by atoms with Gasteiger partial charge in [-0.1, -0.05) is 62.4 Å². The average molecular weight is 444 g/mol. The van der Waals surface area contributed by atoms with Crippen LogP contribution in [-0.2, 0) is 5.41 Å². The summed E-state index contributed by atoms with van der Waals surface area (Å²) in [5, 5.41) is 19.2. The molecule has 0 heterocycles. The lowest BCUT2D eigenvalue weighted by atomic mass is 9.82. The van der Waals surface area contributed by atoms with Crippen LogP contribution in [0, 0.1) is 35.4 Å². The zero-order valence-electron chi connectivity index (χ0n) is 19.2. The van der Waals surface area contributed by atoms with Crippen molar-refractivity contribution < 1.29 is 4.39 Å². The Kier molecular flexibility index (Phi) is 4.96. The lowest BCUT2D eigenvalue weighted by Crippen LogP contribution is -2.17. The predicted octanol–water partition coefficient (Wildman–Crippen LogP) is 7.65. The van der Waals surface area contributed by atoms with Gasteiger partial charge in [-0.2, -0.15) is 10.5 Å². The molecule has 0 aliphatic heterocycles. The van der Waals surface area contributed by atoms with Crippen molar-refractivity contribution in [1.82, 2.24) is 0 Å². The van der Waals surface area contributed by atoms with E-state index in [1.165, 1.54) is 28.3 Å². The Balaban J connectivity index is 1.78. The highest BCUT2D eigenvalue weighted by Crippen LogP contribution is 2.50. The molecule has 0 fully saturated rings. The summed E-state index contributed by atoms with van der Waals surface area (Å²) in [7, 11) is 0. The maximum atomic E-state index is 14.8. The second-order valence-electron chi connectivity index (χ2n) is 9.05. The molecule has 4 aromatic rings. The number of rotatable bonds is 3. The number of para-hydroxylation sites is 1. The van der Waals surface area contributed by atoms with Gasteiger partial charge in [0.25, 0.3) is 0 Å². The first-order chi connectivity index (χ1) is 16.4. The molecular formula is C30H22FN3. The van der Waals surface area contributed by atoms with Crippen molar-refractivity contribution >= 4 is 17.1 Å². The first kappa shape index (κ1) is 21.4. The van der Waals surface area contributed by atoms with Gasteiger partial charge in [-0.15, -0.1) is 0 Å². The average Bonchev–Trinajstić information content (AvgIpc) is 3.08. The third kappa shape index (κ3) is 3.08. The highest BCUT2D eigenvalue weighted by molar-refractivity contribution is 5.86. The van der Waals surface area contributed by atoms with Gasteiger partial charge < -0.3 is 4.90 Å². The third-order valence-corrected chi connectivity index (χ3v) is 6.81. The second kappa shape index (κ2) is 7.87. The molecule has 0 amide bonds. The lowest BCUT2D eigenvalue weighted by Gasteiger charge is -2.29. The largest absolute Gasteiger partial charge is 0.310 e. The van der Waals surface area contributed by atoms with Crippen LogP contribution in [0.3, 0.4) is 0 Å². The summed E-state index contributed by atoms with van der Waals surface area (Å²) in [6, 6.07) is 29.9. The zero-order chi connectivity index (χ0) is 24.0. The Morgan fingerprint density at radius 1 is 0.765 bits per heavy atom. The molecule has 4 aromatic carbocycles. The number of fused-ring (bicyclic) bond motifs is 3. The van der Waals surface area contributed by atoms with Gasteiger partial charge in [-0.3, -0.25) is 0 Å². The highest BCUT2D eigenvalue weighted by atomic mass is 19.1. The van der Waals surface area contributed by atoms with Gasteiger partial charge in [0.05, 0.1) is 16.8 Å². The molecule has 0 atom stereocenters. The van der Waals surface area contributed by atoms with Crippen molar-refractivity contribution in [2.45, 2.75) is 26.2 Å². The first-order valence-electron chi connectivity index (χ1n) is 11.1. The summed E-state index contributed by atoms with van der Waals surface area (Å²) in [5.74, 6) is -0.773. The molecule has 0 spiro atoms. The van der Waals surface area contributed by atoms with E-state index in [-0.39, 0.29) is 16.5 Å². The molecule has 34 heavy (non-hydrogen) atoms. The van der Waals surface area contributed by atoms with Crippen LogP contribution in [0.2, 0.25) is 0 Å². The van der Waals surface area contributed by atoms with E-state index in [1.54, 1.807) is 6.92 Å². The molecule has 0 N–H and O–H groups in total. The van der Waals surface area contributed by atoms with E-state index in [0.717, 1.165) is 11.4 Å². The Labute approximate surface area is 198 Å². The lowest BCUT2D eigenvalue weighted by molar-refractivity contribution is 0.618. The molecular weight excluding hydrogens is 421 g/mol. The van der Waals surface area contributed by atoms with Gasteiger partial charge in [-0.05, 0) is 65.1 Å². The van der Waals surface area contributed by atoms with Crippen molar-refractivity contribution in [3.8, 4) is 23.3 Å². The van der Waals surface area contributed by atoms with Crippen LogP contribution in [0.15, 0.2) is 78.9 Å². The Morgan fingerprint density at radius 3 is 2.15 bits per heavy atom. The number of halogens is 1. The minimum absolute atomic E-state index is 0.108. The number of nitrogens with zero attached hydrogens (tertiary/aromatic N) is 3. The third-order valence-electron chi connectivity index (χ3n) is 6.81. The number of hydrogen-bond acceptors (Lipinski definition) is 3. The zero-order valence-corrected chi connectivity index (χ0v) is 19.2. The first-order valence-corrected chi connectivity index (χ1v) is 11.1. The fourth-order valence-electron chi connectivity index (χ4n) is 5.02. The standard InChI is InChI=1S/C30H22FN3/c1-19-25(18-33)29(31)20(17-32)15-28(19)34(21-9-5-4-6-10-21)22-13-14-24-23-11-7-8-12-26(23)30(2,3)27(24)16-22/h4-16H,1-3H3. The number of benzene rings is 4. The minimum atomic E-state index is -0.773. The van der Waals surface area contributed by atoms with Crippen LogP contribution in [0.5, 0.6) is 0 Å². The van der Waals surface area contributed by atoms with Crippen LogP contribution in [0.1, 0.15) is 41.7 Å². The fraction of sp³-hybridized carbons (Fsp3) is 0.133. The minimum Gasteiger partial charge on any atom is -0.310 e. The number of nitriles is 2. The summed E-state index contributed by atoms with van der Waals surface area (Å²) in [6.07, 6.45) is 0. The molecule has 164 valence electrons. The molecule has 0 saturated carbocycles. The van der Waals surface area contributed by atoms with Crippen molar-refractivity contribution in [1.29, 1.82) is 10.5 Å². The summed E-state index contributed by atoms with van der Waals surface area (Å²) in [4.78, 5) is 2.00. The van der Waals surface area contributed by atoms with E-state index >= 15 is 0 Å². The van der Waals surface area contributed by atoms with E-state index in [2.05, 4.69) is 50.2 Å². The summed E-state index contributed by atoms with van der Waals surface area (Å²) < 4.78 is 14.8. The van der Waals surface area contributed by atoms with Crippen LogP contribution in [0.4, 0.5) is 21.5 Å². The topological polar surface area (TPSA) is 50.8 Å². The highest BCUT2D eigenvalue weighted by Gasteiger charge is 2.35. The summed E-state index contributed by atoms with van der Waals surface area (Å²) >= 11 is 0. The summed E-state index contributed by atoms with van der Waals surface area (Å²) in [5.41, 5.74) is 7.32. The van der Waals surface area contributed by atoms with Crippen LogP contribution in [0.25, 0.3) is 11.1 Å². The molecule has 0 bridgehead atoms. The summed E-state index contributed by atoms with van der Waals surface area (Å²) in [6.45, 7) is 6.17. The predicted molar refractivity (Wildman–Crippen MR) is 133 cm³/mol. The Hall–Kier alpha value is -4.41. The monoisotopic (exact) mass is 443 g/mol. The molecule has 0 saturated heterocycles. The second-order valence-corrected chi connectivity index (χ2v) is 9.05. The van der Waals surface area contributed by atoms with Crippen LogP contribution in [-0.4, -0.2) is 0 Å². The molecule has 0 radical (unpaired) electrons. The van der Waals surface area contributed by atoms with Gasteiger partial charge >= 0.3 is 0 Å². The normalized spacial score (nSPS) is 12.9. The Bertz CT molecular complexity index is 1520. The van der Waals surface area contributed by atoms with E-state index in [0.29, 0.717) is 11.3 Å². The Morgan fingerprint density at radius 2 is 1.44 bits per heavy atom. The maximum Gasteiger partial charge on any atom is 0.159 e. The van der Waals surface area contributed by atoms with E-state index in [4.69, 9.17) is 0 Å². The van der Waals surface area contributed by atoms with Gasteiger partial charge in [0, 0.05) is 16.8 Å². The van der Waals surface area contributed by atoms with Gasteiger partial charge in [0.2, 0.25) is 0 Å². The van der Waals surface area contributed by atoms with Crippen molar-refractivity contribution in [3.63, 3.8) is 0 Å². The van der Waals surface area contributed by atoms with Gasteiger partial charge in [0.15, 0.2) is 5.82 Å². The van der Waals surface area contributed by atoms with E-state index < -0.39 is 5.82 Å². The molecule has 1 aliphatic carbocycles. The van der Waals surface area contributed by atoms with E-state index in [9.17, 15) is 14.9 Å². The molecule has 0 aromatic heterocycles. The molecule has 0 unspecified atom stereocenters. The SMILES string of the molecule is Cc1c(N(c2ccccc2)c2ccc3c(c2)C(C)(C)c2ccccc2-3)cc(C#N)c(F)c1C#N. The van der Waals surface area contributed by atoms with Crippen LogP contribution < -0.4 is 4.90 Å². The van der Waals surface area contributed by atoms with Gasteiger partial charge in [-0.25, -0.2) is 4.39 Å². The molecule has 3 nitrogen and oxygen atoms in total.